The van der Waals surface area contributed by atoms with E-state index in [-0.39, 0.29) is 22.6 Å². The Morgan fingerprint density at radius 2 is 1.74 bits per heavy atom. The van der Waals surface area contributed by atoms with E-state index in [2.05, 4.69) is 10.2 Å². The summed E-state index contributed by atoms with van der Waals surface area (Å²) in [5.41, 5.74) is 1.13. The van der Waals surface area contributed by atoms with Gasteiger partial charge in [-0.2, -0.15) is 0 Å². The van der Waals surface area contributed by atoms with Crippen LogP contribution in [-0.2, 0) is 4.79 Å². The fraction of sp³-hybridized carbons (Fsp3) is 0.250. The van der Waals surface area contributed by atoms with E-state index in [1.807, 2.05) is 35.2 Å². The second-order valence-electron chi connectivity index (χ2n) is 6.29. The first-order valence-electron chi connectivity index (χ1n) is 8.81. The Labute approximate surface area is 160 Å². The zero-order chi connectivity index (χ0) is 18.6. The number of likely N-dealkylation sites (tertiary alicyclic amines) is 1. The minimum Gasteiger partial charge on any atom is -0.411 e. The summed E-state index contributed by atoms with van der Waals surface area (Å²) in [5, 5.41) is 7.74. The van der Waals surface area contributed by atoms with E-state index in [4.69, 9.17) is 4.42 Å². The molecule has 2 aromatic carbocycles. The second-order valence-corrected chi connectivity index (χ2v) is 7.35. The number of hydrogen-bond acceptors (Lipinski definition) is 5. The van der Waals surface area contributed by atoms with Crippen molar-refractivity contribution in [1.29, 1.82) is 0 Å². The van der Waals surface area contributed by atoms with Gasteiger partial charge in [0, 0.05) is 13.1 Å². The number of halogens is 1. The molecule has 1 aliphatic heterocycles. The van der Waals surface area contributed by atoms with Gasteiger partial charge >= 0.3 is 0 Å². The summed E-state index contributed by atoms with van der Waals surface area (Å²) >= 11 is 1.20. The van der Waals surface area contributed by atoms with E-state index in [0.717, 1.165) is 31.5 Å². The molecule has 1 aromatic heterocycles. The molecule has 3 aromatic rings. The summed E-state index contributed by atoms with van der Waals surface area (Å²) < 4.78 is 19.6. The lowest BCUT2D eigenvalue weighted by molar-refractivity contribution is -0.129. The van der Waals surface area contributed by atoms with Crippen LogP contribution in [0.1, 0.15) is 23.7 Å². The van der Waals surface area contributed by atoms with Gasteiger partial charge in [-0.15, -0.1) is 10.2 Å². The molecule has 0 bridgehead atoms. The smallest absolute Gasteiger partial charge is 0.277 e. The molecule has 0 aliphatic carbocycles. The lowest BCUT2D eigenvalue weighted by Crippen LogP contribution is -2.31. The third-order valence-electron chi connectivity index (χ3n) is 4.47. The van der Waals surface area contributed by atoms with Gasteiger partial charge in [0.25, 0.3) is 11.1 Å². The lowest BCUT2D eigenvalue weighted by Gasteiger charge is -2.22. The van der Waals surface area contributed by atoms with E-state index in [1.54, 1.807) is 18.2 Å². The Balaban J connectivity index is 1.60. The molecular weight excluding hydrogens is 365 g/mol. The number of benzene rings is 2. The summed E-state index contributed by atoms with van der Waals surface area (Å²) in [6, 6.07) is 15.8. The molecule has 1 fully saturated rings. The first-order valence-corrected chi connectivity index (χ1v) is 9.69. The van der Waals surface area contributed by atoms with Crippen LogP contribution in [-0.4, -0.2) is 34.1 Å². The van der Waals surface area contributed by atoms with Gasteiger partial charge in [0.05, 0.1) is 5.56 Å². The SMILES string of the molecule is O=C([C@H](Sc1nnc(-c2ccccc2F)o1)c1ccccc1)N1CCCC1. The molecular formula is C20H18FN3O2S. The zero-order valence-electron chi connectivity index (χ0n) is 14.5. The predicted molar refractivity (Wildman–Crippen MR) is 101 cm³/mol. The number of carbonyl (C=O) groups excluding carboxylic acids is 1. The highest BCUT2D eigenvalue weighted by Crippen LogP contribution is 2.37. The molecule has 0 N–H and O–H groups in total. The van der Waals surface area contributed by atoms with Gasteiger partial charge in [0.15, 0.2) is 0 Å². The monoisotopic (exact) mass is 383 g/mol. The molecule has 1 amide bonds. The highest BCUT2D eigenvalue weighted by molar-refractivity contribution is 8.00. The van der Waals surface area contributed by atoms with Crippen LogP contribution in [0.5, 0.6) is 0 Å². The molecule has 4 rings (SSSR count). The second kappa shape index (κ2) is 7.92. The molecule has 1 saturated heterocycles. The van der Waals surface area contributed by atoms with Gasteiger partial charge in [0.1, 0.15) is 11.1 Å². The van der Waals surface area contributed by atoms with Crippen molar-refractivity contribution in [2.45, 2.75) is 23.3 Å². The standard InChI is InChI=1S/C20H18FN3O2S/c21-16-11-5-4-10-15(16)18-22-23-20(26-18)27-17(14-8-2-1-3-9-14)19(25)24-12-6-7-13-24/h1-5,8-11,17H,6-7,12-13H2/t17-/m1/s1. The molecule has 0 spiro atoms. The molecule has 0 unspecified atom stereocenters. The van der Waals surface area contributed by atoms with Gasteiger partial charge < -0.3 is 9.32 Å². The highest BCUT2D eigenvalue weighted by atomic mass is 32.2. The van der Waals surface area contributed by atoms with Crippen LogP contribution in [0.4, 0.5) is 4.39 Å². The fourth-order valence-corrected chi connectivity index (χ4v) is 4.05. The molecule has 1 atom stereocenters. The molecule has 27 heavy (non-hydrogen) atoms. The minimum atomic E-state index is -0.474. The predicted octanol–water partition coefficient (Wildman–Crippen LogP) is 4.33. The van der Waals surface area contributed by atoms with Crippen LogP contribution in [0.2, 0.25) is 0 Å². The number of aromatic nitrogens is 2. The van der Waals surface area contributed by atoms with E-state index in [1.165, 1.54) is 17.8 Å². The van der Waals surface area contributed by atoms with Gasteiger partial charge in [-0.3, -0.25) is 4.79 Å². The van der Waals surface area contributed by atoms with Crippen molar-refractivity contribution in [2.75, 3.05) is 13.1 Å². The Kier molecular flexibility index (Phi) is 5.20. The largest absolute Gasteiger partial charge is 0.411 e. The van der Waals surface area contributed by atoms with E-state index in [0.29, 0.717) is 0 Å². The Bertz CT molecular complexity index is 926. The molecule has 0 saturated carbocycles. The maximum atomic E-state index is 13.9. The zero-order valence-corrected chi connectivity index (χ0v) is 15.4. The van der Waals surface area contributed by atoms with Crippen molar-refractivity contribution in [1.82, 2.24) is 15.1 Å². The van der Waals surface area contributed by atoms with Gasteiger partial charge in [-0.25, -0.2) is 4.39 Å². The minimum absolute atomic E-state index is 0.0364. The van der Waals surface area contributed by atoms with Crippen molar-refractivity contribution in [3.05, 3.63) is 66.0 Å². The van der Waals surface area contributed by atoms with Crippen molar-refractivity contribution < 1.29 is 13.6 Å². The first kappa shape index (κ1) is 17.7. The quantitative estimate of drug-likeness (QED) is 0.614. The molecule has 138 valence electrons. The summed E-state index contributed by atoms with van der Waals surface area (Å²) in [6.45, 7) is 1.54. The summed E-state index contributed by atoms with van der Waals surface area (Å²) in [4.78, 5) is 14.9. The number of nitrogens with zero attached hydrogens (tertiary/aromatic N) is 3. The van der Waals surface area contributed by atoms with Gasteiger partial charge in [0.2, 0.25) is 5.91 Å². The first-order chi connectivity index (χ1) is 13.2. The number of carbonyl (C=O) groups is 1. The van der Waals surface area contributed by atoms with Crippen molar-refractivity contribution in [3.8, 4) is 11.5 Å². The third-order valence-corrected chi connectivity index (χ3v) is 5.55. The number of hydrogen-bond donors (Lipinski definition) is 0. The summed E-state index contributed by atoms with van der Waals surface area (Å²) in [5.74, 6) is -0.282. The Morgan fingerprint density at radius 3 is 2.48 bits per heavy atom. The average Bonchev–Trinajstić information content (AvgIpc) is 3.39. The van der Waals surface area contributed by atoms with Gasteiger partial charge in [-0.1, -0.05) is 42.5 Å². The Hall–Kier alpha value is -2.67. The van der Waals surface area contributed by atoms with Crippen LogP contribution in [0.3, 0.4) is 0 Å². The molecule has 7 heteroatoms. The average molecular weight is 383 g/mol. The van der Waals surface area contributed by atoms with Crippen LogP contribution >= 0.6 is 11.8 Å². The lowest BCUT2D eigenvalue weighted by atomic mass is 10.1. The van der Waals surface area contributed by atoms with Crippen molar-refractivity contribution in [3.63, 3.8) is 0 Å². The Morgan fingerprint density at radius 1 is 1.04 bits per heavy atom. The topological polar surface area (TPSA) is 59.2 Å². The van der Waals surface area contributed by atoms with E-state index in [9.17, 15) is 9.18 Å². The van der Waals surface area contributed by atoms with Crippen LogP contribution in [0.15, 0.2) is 64.2 Å². The molecule has 0 radical (unpaired) electrons. The number of thioether (sulfide) groups is 1. The fourth-order valence-electron chi connectivity index (χ4n) is 3.09. The molecule has 1 aliphatic rings. The highest BCUT2D eigenvalue weighted by Gasteiger charge is 2.30. The van der Waals surface area contributed by atoms with Crippen LogP contribution in [0.25, 0.3) is 11.5 Å². The van der Waals surface area contributed by atoms with Crippen LogP contribution < -0.4 is 0 Å². The van der Waals surface area contributed by atoms with Crippen molar-refractivity contribution in [2.24, 2.45) is 0 Å². The summed E-state index contributed by atoms with van der Waals surface area (Å²) in [6.07, 6.45) is 2.05. The van der Waals surface area contributed by atoms with E-state index >= 15 is 0 Å². The maximum absolute atomic E-state index is 13.9. The van der Waals surface area contributed by atoms with Crippen molar-refractivity contribution >= 4 is 17.7 Å². The van der Waals surface area contributed by atoms with E-state index < -0.39 is 11.1 Å². The maximum Gasteiger partial charge on any atom is 0.277 e. The van der Waals surface area contributed by atoms with Gasteiger partial charge in [-0.05, 0) is 42.3 Å². The normalized spacial score (nSPS) is 15.1. The molecule has 5 nitrogen and oxygen atoms in total. The number of rotatable bonds is 5. The molecule has 2 heterocycles. The van der Waals surface area contributed by atoms with Crippen LogP contribution in [0, 0.1) is 5.82 Å². The number of amides is 1. The third kappa shape index (κ3) is 3.88. The summed E-state index contributed by atoms with van der Waals surface area (Å²) in [7, 11) is 0.